The summed E-state index contributed by atoms with van der Waals surface area (Å²) >= 11 is 0. The Hall–Kier alpha value is -2.10. The number of nitrogens with one attached hydrogen (secondary N) is 2. The Morgan fingerprint density at radius 1 is 0.773 bits per heavy atom. The smallest absolute Gasteiger partial charge is 0.261 e. The van der Waals surface area contributed by atoms with Gasteiger partial charge in [0.05, 0.1) is 9.79 Å². The summed E-state index contributed by atoms with van der Waals surface area (Å²) < 4.78 is 52.1. The van der Waals surface area contributed by atoms with Gasteiger partial charge in [0.15, 0.2) is 0 Å². The van der Waals surface area contributed by atoms with Crippen LogP contribution in [-0.2, 0) is 20.0 Å². The van der Waals surface area contributed by atoms with Crippen LogP contribution in [0, 0.1) is 0 Å². The van der Waals surface area contributed by atoms with Gasteiger partial charge < -0.3 is 5.73 Å². The molecule has 118 valence electrons. The van der Waals surface area contributed by atoms with Gasteiger partial charge in [-0.25, -0.2) is 21.6 Å². The topological polar surface area (TPSA) is 118 Å². The predicted octanol–water partition coefficient (Wildman–Crippen LogP) is 0.978. The number of nitrogens with two attached hydrogens (primary N) is 1. The Balaban J connectivity index is 2.25. The molecule has 0 amide bonds. The lowest BCUT2D eigenvalue weighted by Crippen LogP contribution is -2.18. The van der Waals surface area contributed by atoms with Crippen molar-refractivity contribution >= 4 is 31.4 Å². The minimum absolute atomic E-state index is 0.0467. The van der Waals surface area contributed by atoms with E-state index in [2.05, 4.69) is 9.44 Å². The number of hydrogen-bond donors (Lipinski definition) is 3. The van der Waals surface area contributed by atoms with E-state index in [0.29, 0.717) is 5.69 Å². The Morgan fingerprint density at radius 2 is 1.23 bits per heavy atom. The van der Waals surface area contributed by atoms with Crippen molar-refractivity contribution in [3.05, 3.63) is 48.5 Å². The van der Waals surface area contributed by atoms with Gasteiger partial charge >= 0.3 is 0 Å². The van der Waals surface area contributed by atoms with E-state index in [4.69, 9.17) is 5.73 Å². The molecule has 0 radical (unpaired) electrons. The fraction of sp³-hybridized carbons (Fsp3) is 0.0769. The van der Waals surface area contributed by atoms with Crippen LogP contribution < -0.4 is 15.2 Å². The van der Waals surface area contributed by atoms with E-state index >= 15 is 0 Å². The summed E-state index contributed by atoms with van der Waals surface area (Å²) in [4.78, 5) is 0.110. The molecule has 0 saturated carbocycles. The van der Waals surface area contributed by atoms with Crippen LogP contribution in [0.15, 0.2) is 58.3 Å². The van der Waals surface area contributed by atoms with Crippen molar-refractivity contribution in [1.82, 2.24) is 4.72 Å². The summed E-state index contributed by atoms with van der Waals surface area (Å²) in [7, 11) is -6.01. The zero-order valence-corrected chi connectivity index (χ0v) is 13.3. The van der Waals surface area contributed by atoms with Crippen LogP contribution in [0.4, 0.5) is 11.4 Å². The fourth-order valence-corrected chi connectivity index (χ4v) is 3.47. The van der Waals surface area contributed by atoms with Crippen molar-refractivity contribution in [1.29, 1.82) is 0 Å². The molecule has 7 nitrogen and oxygen atoms in total. The number of sulfonamides is 2. The van der Waals surface area contributed by atoms with E-state index in [1.54, 1.807) is 0 Å². The minimum atomic E-state index is -3.75. The lowest BCUT2D eigenvalue weighted by Gasteiger charge is -2.09. The summed E-state index contributed by atoms with van der Waals surface area (Å²) in [6.45, 7) is 0. The lowest BCUT2D eigenvalue weighted by molar-refractivity contribution is 0.588. The van der Waals surface area contributed by atoms with Gasteiger partial charge in [-0.05, 0) is 55.6 Å². The van der Waals surface area contributed by atoms with Crippen LogP contribution in [0.3, 0.4) is 0 Å². The van der Waals surface area contributed by atoms with Gasteiger partial charge in [0.25, 0.3) is 10.0 Å². The van der Waals surface area contributed by atoms with Crippen molar-refractivity contribution in [2.24, 2.45) is 0 Å². The molecule has 0 aliphatic carbocycles. The molecule has 2 aromatic carbocycles. The second-order valence-corrected chi connectivity index (χ2v) is 7.98. The summed E-state index contributed by atoms with van der Waals surface area (Å²) in [5, 5.41) is 0. The van der Waals surface area contributed by atoms with Crippen molar-refractivity contribution in [2.75, 3.05) is 17.5 Å². The molecule has 0 saturated heterocycles. The van der Waals surface area contributed by atoms with Gasteiger partial charge in [0, 0.05) is 11.4 Å². The van der Waals surface area contributed by atoms with E-state index in [1.165, 1.54) is 55.6 Å². The predicted molar refractivity (Wildman–Crippen MR) is 84.4 cm³/mol. The maximum atomic E-state index is 12.2. The molecule has 4 N–H and O–H groups in total. The minimum Gasteiger partial charge on any atom is -0.399 e. The van der Waals surface area contributed by atoms with Crippen LogP contribution >= 0.6 is 0 Å². The first-order chi connectivity index (χ1) is 10.2. The van der Waals surface area contributed by atoms with Crippen LogP contribution in [0.1, 0.15) is 0 Å². The molecule has 2 rings (SSSR count). The van der Waals surface area contributed by atoms with Gasteiger partial charge in [-0.15, -0.1) is 0 Å². The Morgan fingerprint density at radius 3 is 1.73 bits per heavy atom. The first kappa shape index (κ1) is 16.3. The van der Waals surface area contributed by atoms with Gasteiger partial charge in [-0.3, -0.25) is 4.72 Å². The molecule has 0 unspecified atom stereocenters. The maximum Gasteiger partial charge on any atom is 0.261 e. The zero-order valence-electron chi connectivity index (χ0n) is 11.6. The van der Waals surface area contributed by atoms with Gasteiger partial charge in [-0.2, -0.15) is 0 Å². The van der Waals surface area contributed by atoms with Crippen molar-refractivity contribution in [3.63, 3.8) is 0 Å². The van der Waals surface area contributed by atoms with Gasteiger partial charge in [-0.1, -0.05) is 0 Å². The highest BCUT2D eigenvalue weighted by Gasteiger charge is 2.15. The third-order valence-corrected chi connectivity index (χ3v) is 5.70. The molecule has 9 heteroatoms. The first-order valence-corrected chi connectivity index (χ1v) is 9.13. The van der Waals surface area contributed by atoms with E-state index in [9.17, 15) is 16.8 Å². The molecule has 0 atom stereocenters. The first-order valence-electron chi connectivity index (χ1n) is 6.16. The second kappa shape index (κ2) is 5.95. The van der Waals surface area contributed by atoms with Crippen LogP contribution in [0.2, 0.25) is 0 Å². The van der Waals surface area contributed by atoms with E-state index < -0.39 is 20.0 Å². The molecule has 0 spiro atoms. The molecule has 22 heavy (non-hydrogen) atoms. The van der Waals surface area contributed by atoms with Crippen LogP contribution in [0.25, 0.3) is 0 Å². The highest BCUT2D eigenvalue weighted by Crippen LogP contribution is 2.19. The SMILES string of the molecule is CNS(=O)(=O)c1ccc(NS(=O)(=O)c2ccc(N)cc2)cc1. The number of benzene rings is 2. The van der Waals surface area contributed by atoms with Gasteiger partial charge in [0.1, 0.15) is 0 Å². The van der Waals surface area contributed by atoms with E-state index in [-0.39, 0.29) is 15.5 Å². The number of hydrogen-bond acceptors (Lipinski definition) is 5. The standard InChI is InChI=1S/C13H15N3O4S2/c1-15-21(17,18)12-8-4-11(5-9-12)16-22(19,20)13-6-2-10(14)3-7-13/h2-9,15-16H,14H2,1H3. The monoisotopic (exact) mass is 341 g/mol. The highest BCUT2D eigenvalue weighted by molar-refractivity contribution is 7.92. The normalized spacial score (nSPS) is 12.0. The average molecular weight is 341 g/mol. The summed E-state index contributed by atoms with van der Waals surface area (Å²) in [5.41, 5.74) is 6.23. The zero-order chi connectivity index (χ0) is 16.4. The Bertz CT molecular complexity index is 859. The van der Waals surface area contributed by atoms with Crippen molar-refractivity contribution in [3.8, 4) is 0 Å². The molecular formula is C13H15N3O4S2. The molecule has 0 aliphatic heterocycles. The Kier molecular flexibility index (Phi) is 4.40. The highest BCUT2D eigenvalue weighted by atomic mass is 32.2. The molecule has 0 aromatic heterocycles. The average Bonchev–Trinajstić information content (AvgIpc) is 2.48. The largest absolute Gasteiger partial charge is 0.399 e. The molecular weight excluding hydrogens is 326 g/mol. The molecule has 0 bridgehead atoms. The summed E-state index contributed by atoms with van der Waals surface area (Å²) in [6.07, 6.45) is 0. The Labute approximate surface area is 129 Å². The second-order valence-electron chi connectivity index (χ2n) is 4.41. The quantitative estimate of drug-likeness (QED) is 0.701. The van der Waals surface area contributed by atoms with E-state index in [0.717, 1.165) is 0 Å². The lowest BCUT2D eigenvalue weighted by atomic mass is 10.3. The maximum absolute atomic E-state index is 12.2. The van der Waals surface area contributed by atoms with Crippen LogP contribution in [-0.4, -0.2) is 23.9 Å². The fourth-order valence-electron chi connectivity index (χ4n) is 1.68. The van der Waals surface area contributed by atoms with Crippen LogP contribution in [0.5, 0.6) is 0 Å². The van der Waals surface area contributed by atoms with Gasteiger partial charge in [0.2, 0.25) is 10.0 Å². The van der Waals surface area contributed by atoms with E-state index in [1.807, 2.05) is 0 Å². The third-order valence-electron chi connectivity index (χ3n) is 2.88. The third kappa shape index (κ3) is 3.56. The van der Waals surface area contributed by atoms with Crippen molar-refractivity contribution in [2.45, 2.75) is 9.79 Å². The molecule has 2 aromatic rings. The number of nitrogen functional groups attached to an aromatic ring is 1. The summed E-state index contributed by atoms with van der Waals surface area (Å²) in [5.74, 6) is 0. The molecule has 0 fully saturated rings. The molecule has 0 aliphatic rings. The number of anilines is 2. The van der Waals surface area contributed by atoms with Crippen molar-refractivity contribution < 1.29 is 16.8 Å². The summed E-state index contributed by atoms with van der Waals surface area (Å²) in [6, 6.07) is 11.1. The molecule has 0 heterocycles. The number of rotatable bonds is 5.